The minimum atomic E-state index is -2.71. The molecule has 4 aliphatic heterocycles. The summed E-state index contributed by atoms with van der Waals surface area (Å²) < 4.78 is 144. The zero-order valence-corrected chi connectivity index (χ0v) is 79.5. The number of non-ortho nitro benzene ring substituents is 3. The molecule has 0 fully saturated rings. The summed E-state index contributed by atoms with van der Waals surface area (Å²) in [6, 6.07) is 25.0. The highest BCUT2D eigenvalue weighted by Gasteiger charge is 2.56. The molecule has 5 aromatic rings. The van der Waals surface area contributed by atoms with Gasteiger partial charge in [-0.25, -0.2) is 30.3 Å². The summed E-state index contributed by atoms with van der Waals surface area (Å²) in [6.45, 7) is 39.2. The Morgan fingerprint density at radius 1 is 0.488 bits per heavy atom. The van der Waals surface area contributed by atoms with E-state index in [-0.39, 0.29) is 137 Å². The van der Waals surface area contributed by atoms with Crippen LogP contribution < -0.4 is 41.8 Å². The smallest absolute Gasteiger partial charge is 0.270 e. The SMILES string of the molecule is C.C.C.C.C.C.CC(C)(C#N)S(C)(=N)=O.CCN=S(C)(=O)C(C)(C)C#N.CCNS1(O)C[C@@](C)(c2cc(CC(=O)c3ccc(Cl)cc3)ccc2F)N=C(N)C1(C)C.CCNS1(O)C[C@@](C)(c2cc([N+](=O)[O-])ccc2F)N=C(N)C1(C)C.CCNS1(O)C[C@@](C)(c2cc([N+](=O)[O-])ccc2F)N=C(N)C1(C)C.CCNS1(O)C[C@@](C)(c2cc([N+](=O)[O-])ccc2F)N=C(N)C1(C)C. The highest BCUT2D eigenvalue weighted by atomic mass is 35.5. The number of amidine groups is 4. The predicted octanol–water partition coefficient (Wildman–Crippen LogP) is 20.0. The van der Waals surface area contributed by atoms with Crippen molar-refractivity contribution in [1.29, 1.82) is 15.3 Å². The zero-order valence-electron chi connectivity index (χ0n) is 73.9. The first kappa shape index (κ1) is 125. The Morgan fingerprint density at radius 2 is 0.729 bits per heavy atom. The van der Waals surface area contributed by atoms with Gasteiger partial charge >= 0.3 is 0 Å². The maximum absolute atomic E-state index is 15.0. The summed E-state index contributed by atoms with van der Waals surface area (Å²) in [7, 11) is -14.9. The molecule has 0 aliphatic carbocycles. The molecule has 9 rings (SSSR count). The molecule has 0 aromatic heterocycles. The Bertz CT molecular complexity index is 4990. The number of carbonyl (C=O) groups is 1. The van der Waals surface area contributed by atoms with E-state index in [2.05, 4.69) is 43.2 Å². The van der Waals surface area contributed by atoms with Gasteiger partial charge in [-0.2, -0.15) is 10.5 Å². The van der Waals surface area contributed by atoms with E-state index in [0.29, 0.717) is 54.4 Å². The maximum atomic E-state index is 15.0. The van der Waals surface area contributed by atoms with Crippen LogP contribution >= 0.6 is 53.6 Å². The lowest BCUT2D eigenvalue weighted by Gasteiger charge is -2.54. The lowest BCUT2D eigenvalue weighted by atomic mass is 9.90. The maximum Gasteiger partial charge on any atom is 0.270 e. The monoisotopic (exact) mass is 1960 g/mol. The van der Waals surface area contributed by atoms with Gasteiger partial charge in [0, 0.05) is 144 Å². The van der Waals surface area contributed by atoms with E-state index in [1.807, 2.05) is 60.6 Å². The van der Waals surface area contributed by atoms with Gasteiger partial charge in [0.1, 0.15) is 56.1 Å². The number of hydrogen-bond acceptors (Lipinski definition) is 29. The predicted molar refractivity (Wildman–Crippen MR) is 536 cm³/mol. The number of nitriles is 2. The number of nitrogens with one attached hydrogen (secondary N) is 5. The van der Waals surface area contributed by atoms with Crippen LogP contribution in [0.3, 0.4) is 0 Å². The third-order valence-electron chi connectivity index (χ3n) is 22.0. The molecule has 0 bridgehead atoms. The van der Waals surface area contributed by atoms with Gasteiger partial charge in [-0.15, -0.1) is 0 Å². The van der Waals surface area contributed by atoms with Gasteiger partial charge in [0.2, 0.25) is 0 Å². The van der Waals surface area contributed by atoms with E-state index >= 15 is 0 Å². The summed E-state index contributed by atoms with van der Waals surface area (Å²) in [5, 5.41) is 50.6. The largest absolute Gasteiger partial charge is 0.386 e. The number of Topliss-reactive ketones (excluding diaryl/α,β-unsaturated/α-hetero) is 1. The third-order valence-corrected chi connectivity index (χ3v) is 41.6. The number of benzene rings is 5. The van der Waals surface area contributed by atoms with Gasteiger partial charge in [0.05, 0.1) is 87.5 Å². The molecular formula is C86H146ClF4N19O13S6. The van der Waals surface area contributed by atoms with E-state index < -0.39 is 150 Å². The Morgan fingerprint density at radius 3 is 0.938 bits per heavy atom. The number of carbonyl (C=O) groups excluding carboxylic acids is 1. The van der Waals surface area contributed by atoms with Crippen molar-refractivity contribution in [3.05, 3.63) is 189 Å². The Hall–Kier alpha value is -8.18. The first-order valence-electron chi connectivity index (χ1n) is 38.7. The van der Waals surface area contributed by atoms with Crippen molar-refractivity contribution in [2.24, 2.45) is 47.3 Å². The molecule has 4 aliphatic rings. The Kier molecular flexibility index (Phi) is 45.0. The van der Waals surface area contributed by atoms with E-state index in [9.17, 15) is 79.3 Å². The molecule has 4 heterocycles. The van der Waals surface area contributed by atoms with Crippen molar-refractivity contribution in [2.75, 3.05) is 68.2 Å². The fourth-order valence-electron chi connectivity index (χ4n) is 12.9. The average Bonchev–Trinajstić information content (AvgIpc) is 0.744. The molecule has 0 saturated carbocycles. The number of rotatable bonds is 21. The van der Waals surface area contributed by atoms with Crippen LogP contribution in [0.5, 0.6) is 0 Å². The summed E-state index contributed by atoms with van der Waals surface area (Å²) in [4.78, 5) is 61.9. The van der Waals surface area contributed by atoms with Gasteiger partial charge in [-0.3, -0.25) is 78.8 Å². The molecule has 129 heavy (non-hydrogen) atoms. The molecule has 5 aromatic carbocycles. The van der Waals surface area contributed by atoms with Crippen molar-refractivity contribution < 1.29 is 63.8 Å². The number of hydrogen-bond donors (Lipinski definition) is 13. The van der Waals surface area contributed by atoms with Crippen LogP contribution in [0.2, 0.25) is 5.02 Å². The standard InChI is InChI=1S/C23H29ClFN3O2S.3C15H23FN4O3S.C7H14N2OS.C5H10N2OS.6CH4/c1-5-27-31(30)14-23(4,28-21(26)22(31,2)3)18-12-15(6-11-19(18)25)13-20(29)16-7-9-17(24)10-8-16;3*1-5-18-24(23)9-15(4,19-13(17)14(24,2)3)11-8-10(20(21)22)6-7-12(11)16;1-5-9-11(4,10)7(2,3)6-8;1-5(2,4-6)9(3,7)8;;;;;;/h6-12,27,30H,5,13-14H2,1-4H3,(H2,26,28);3*6-8,18,23H,5,9H2,1-4H3,(H2,17,19);5H2,1-4H3;7H,1-3H3;6*1H4/t23-;3*15-;;;;;;;;/m0000......../s1. The number of nitro groups is 3. The van der Waals surface area contributed by atoms with Crippen LogP contribution in [0.1, 0.15) is 228 Å². The quantitative estimate of drug-likeness (QED) is 0.0140. The second-order valence-corrected chi connectivity index (χ2v) is 51.6. The fourth-order valence-corrected chi connectivity index (χ4v) is 25.1. The number of nitro benzene ring substituents is 3. The van der Waals surface area contributed by atoms with Crippen LogP contribution in [-0.4, -0.2) is 167 Å². The van der Waals surface area contributed by atoms with E-state index in [0.717, 1.165) is 54.6 Å². The second-order valence-electron chi connectivity index (χ2n) is 33.5. The summed E-state index contributed by atoms with van der Waals surface area (Å²) in [5.74, 6) is -0.968. The number of ketones is 1. The van der Waals surface area contributed by atoms with Gasteiger partial charge in [-0.1, -0.05) is 132 Å². The minimum Gasteiger partial charge on any atom is -0.386 e. The summed E-state index contributed by atoms with van der Waals surface area (Å²) in [6.07, 6.45) is 2.91. The molecule has 0 amide bonds. The molecule has 0 radical (unpaired) electrons. The van der Waals surface area contributed by atoms with Crippen LogP contribution in [0.25, 0.3) is 0 Å². The normalized spacial score (nSPS) is 27.0. The highest BCUT2D eigenvalue weighted by molar-refractivity contribution is 8.30. The van der Waals surface area contributed by atoms with Crippen LogP contribution in [0, 0.1) is 81.1 Å². The molecule has 43 heteroatoms. The van der Waals surface area contributed by atoms with E-state index in [1.54, 1.807) is 119 Å². The summed E-state index contributed by atoms with van der Waals surface area (Å²) >= 11 is 5.89. The van der Waals surface area contributed by atoms with E-state index in [1.165, 1.54) is 32.4 Å². The molecule has 0 saturated heterocycles. The van der Waals surface area contributed by atoms with Gasteiger partial charge in [-0.05, 0) is 178 Å². The number of halogens is 5. The first-order chi connectivity index (χ1) is 56.0. The van der Waals surface area contributed by atoms with Crippen molar-refractivity contribution in [3.8, 4) is 12.1 Å². The fraction of sp³-hybridized carbons (Fsp3) is 0.570. The van der Waals surface area contributed by atoms with Crippen LogP contribution in [-0.2, 0) is 48.0 Å². The molecular weight excluding hydrogens is 1810 g/mol. The molecule has 17 N–H and O–H groups in total. The molecule has 6 unspecified atom stereocenters. The van der Waals surface area contributed by atoms with Crippen molar-refractivity contribution in [1.82, 2.24) is 18.9 Å². The van der Waals surface area contributed by atoms with Gasteiger partial charge in [0.25, 0.3) is 17.1 Å². The number of nitrogens with zero attached hydrogens (tertiary/aromatic N) is 10. The topological polar surface area (TPSA) is 547 Å². The Balaban J connectivity index is -0.00000152. The highest BCUT2D eigenvalue weighted by Crippen LogP contribution is 2.63. The van der Waals surface area contributed by atoms with E-state index in [4.69, 9.17) is 49.8 Å². The van der Waals surface area contributed by atoms with Gasteiger partial charge < -0.3 is 41.1 Å². The Labute approximate surface area is 775 Å². The van der Waals surface area contributed by atoms with Crippen LogP contribution in [0.15, 0.2) is 121 Å². The molecule has 734 valence electrons. The lowest BCUT2D eigenvalue weighted by Crippen LogP contribution is -2.56. The average molecular weight is 1960 g/mol. The number of nitrogens with two attached hydrogens (primary N) is 4. The zero-order chi connectivity index (χ0) is 94.9. The molecule has 0 spiro atoms. The second kappa shape index (κ2) is 46.5. The van der Waals surface area contributed by atoms with Gasteiger partial charge in [0.15, 0.2) is 5.78 Å². The minimum absolute atomic E-state index is 0. The molecule has 32 nitrogen and oxygen atoms in total. The van der Waals surface area contributed by atoms with Crippen molar-refractivity contribution in [3.63, 3.8) is 0 Å². The number of aliphatic imine (C=N–C) groups is 4. The van der Waals surface area contributed by atoms with Crippen LogP contribution in [0.4, 0.5) is 34.6 Å². The molecule has 10 atom stereocenters. The lowest BCUT2D eigenvalue weighted by molar-refractivity contribution is -0.385. The summed E-state index contributed by atoms with van der Waals surface area (Å²) in [5.41, 5.74) is 20.9. The van der Waals surface area contributed by atoms with Crippen molar-refractivity contribution >= 4 is 119 Å². The van der Waals surface area contributed by atoms with Crippen molar-refractivity contribution in [2.45, 2.75) is 247 Å². The third kappa shape index (κ3) is 27.5. The first-order valence-corrected chi connectivity index (χ1v) is 50.0.